The fourth-order valence-corrected chi connectivity index (χ4v) is 2.81. The van der Waals surface area contributed by atoms with E-state index in [0.717, 1.165) is 18.5 Å². The minimum absolute atomic E-state index is 0.144. The molecule has 0 aliphatic carbocycles. The van der Waals surface area contributed by atoms with Gasteiger partial charge in [-0.25, -0.2) is 13.6 Å². The lowest BCUT2D eigenvalue weighted by molar-refractivity contribution is 0.549. The summed E-state index contributed by atoms with van der Waals surface area (Å²) < 4.78 is 22.5. The molecule has 0 radical (unpaired) electrons. The maximum absolute atomic E-state index is 11.3. The SMILES string of the molecule is CCNC(Cc1ccc(S(N)(=O)=O)cc1)c1ccccc1. The lowest BCUT2D eigenvalue weighted by Gasteiger charge is -2.18. The van der Waals surface area contributed by atoms with Crippen LogP contribution in [-0.2, 0) is 16.4 Å². The molecule has 2 aromatic carbocycles. The van der Waals surface area contributed by atoms with Crippen molar-refractivity contribution in [2.75, 3.05) is 6.54 Å². The number of nitrogens with one attached hydrogen (secondary N) is 1. The standard InChI is InChI=1S/C16H20N2O2S/c1-2-18-16(14-6-4-3-5-7-14)12-13-8-10-15(11-9-13)21(17,19)20/h3-11,16,18H,2,12H2,1H3,(H2,17,19,20). The molecule has 5 heteroatoms. The quantitative estimate of drug-likeness (QED) is 0.859. The first-order valence-electron chi connectivity index (χ1n) is 6.91. The van der Waals surface area contributed by atoms with Crippen LogP contribution in [0.4, 0.5) is 0 Å². The molecule has 112 valence electrons. The van der Waals surface area contributed by atoms with E-state index in [4.69, 9.17) is 5.14 Å². The monoisotopic (exact) mass is 304 g/mol. The third-order valence-electron chi connectivity index (χ3n) is 3.34. The summed E-state index contributed by atoms with van der Waals surface area (Å²) in [5.74, 6) is 0. The molecular weight excluding hydrogens is 284 g/mol. The Bertz CT molecular complexity index is 667. The van der Waals surface area contributed by atoms with Gasteiger partial charge >= 0.3 is 0 Å². The second kappa shape index (κ2) is 6.85. The van der Waals surface area contributed by atoms with Crippen LogP contribution in [-0.4, -0.2) is 15.0 Å². The predicted octanol–water partition coefficient (Wildman–Crippen LogP) is 2.23. The molecule has 0 spiro atoms. The molecule has 2 rings (SSSR count). The molecule has 0 fully saturated rings. The van der Waals surface area contributed by atoms with Gasteiger partial charge in [0.2, 0.25) is 10.0 Å². The molecule has 4 nitrogen and oxygen atoms in total. The topological polar surface area (TPSA) is 72.2 Å². The third kappa shape index (κ3) is 4.39. The van der Waals surface area contributed by atoms with Crippen molar-refractivity contribution in [1.29, 1.82) is 0 Å². The van der Waals surface area contributed by atoms with Crippen LogP contribution in [0.5, 0.6) is 0 Å². The van der Waals surface area contributed by atoms with E-state index in [1.807, 2.05) is 30.3 Å². The molecule has 0 saturated carbocycles. The normalized spacial score (nSPS) is 13.0. The fourth-order valence-electron chi connectivity index (χ4n) is 2.29. The summed E-state index contributed by atoms with van der Waals surface area (Å²) in [6, 6.07) is 17.1. The average Bonchev–Trinajstić information content (AvgIpc) is 2.47. The molecule has 2 aromatic rings. The Morgan fingerprint density at radius 2 is 1.67 bits per heavy atom. The molecule has 0 aliphatic rings. The van der Waals surface area contributed by atoms with Gasteiger partial charge in [0.15, 0.2) is 0 Å². The molecule has 21 heavy (non-hydrogen) atoms. The van der Waals surface area contributed by atoms with Gasteiger partial charge < -0.3 is 5.32 Å². The van der Waals surface area contributed by atoms with Gasteiger partial charge in [0.05, 0.1) is 4.90 Å². The van der Waals surface area contributed by atoms with E-state index >= 15 is 0 Å². The van der Waals surface area contributed by atoms with E-state index in [1.54, 1.807) is 12.1 Å². The summed E-state index contributed by atoms with van der Waals surface area (Å²) in [6.07, 6.45) is 0.794. The maximum Gasteiger partial charge on any atom is 0.238 e. The van der Waals surface area contributed by atoms with E-state index in [-0.39, 0.29) is 10.9 Å². The highest BCUT2D eigenvalue weighted by atomic mass is 32.2. The van der Waals surface area contributed by atoms with Crippen LogP contribution in [0.3, 0.4) is 0 Å². The van der Waals surface area contributed by atoms with Gasteiger partial charge in [-0.15, -0.1) is 0 Å². The lowest BCUT2D eigenvalue weighted by atomic mass is 9.99. The highest BCUT2D eigenvalue weighted by Gasteiger charge is 2.12. The van der Waals surface area contributed by atoms with E-state index in [2.05, 4.69) is 24.4 Å². The fraction of sp³-hybridized carbons (Fsp3) is 0.250. The van der Waals surface area contributed by atoms with E-state index in [0.29, 0.717) is 0 Å². The Kier molecular flexibility index (Phi) is 5.12. The zero-order valence-corrected chi connectivity index (χ0v) is 12.8. The van der Waals surface area contributed by atoms with Crippen LogP contribution >= 0.6 is 0 Å². The van der Waals surface area contributed by atoms with Crippen molar-refractivity contribution >= 4 is 10.0 Å². The van der Waals surface area contributed by atoms with Gasteiger partial charge in [0, 0.05) is 6.04 Å². The number of rotatable bonds is 6. The number of benzene rings is 2. The van der Waals surface area contributed by atoms with Crippen LogP contribution in [0.2, 0.25) is 0 Å². The van der Waals surface area contributed by atoms with Gasteiger partial charge in [0.1, 0.15) is 0 Å². The number of hydrogen-bond donors (Lipinski definition) is 2. The largest absolute Gasteiger partial charge is 0.310 e. The third-order valence-corrected chi connectivity index (χ3v) is 4.27. The van der Waals surface area contributed by atoms with Crippen molar-refractivity contribution in [2.45, 2.75) is 24.3 Å². The van der Waals surface area contributed by atoms with Gasteiger partial charge in [-0.1, -0.05) is 49.4 Å². The van der Waals surface area contributed by atoms with Gasteiger partial charge in [-0.05, 0) is 36.2 Å². The van der Waals surface area contributed by atoms with Crippen molar-refractivity contribution in [3.63, 3.8) is 0 Å². The molecule has 1 unspecified atom stereocenters. The molecule has 0 heterocycles. The molecule has 3 N–H and O–H groups in total. The Balaban J connectivity index is 2.18. The number of primary sulfonamides is 1. The molecule has 1 atom stereocenters. The number of nitrogens with two attached hydrogens (primary N) is 1. The smallest absolute Gasteiger partial charge is 0.238 e. The minimum Gasteiger partial charge on any atom is -0.310 e. The van der Waals surface area contributed by atoms with Crippen molar-refractivity contribution in [1.82, 2.24) is 5.32 Å². The first-order valence-corrected chi connectivity index (χ1v) is 8.45. The average molecular weight is 304 g/mol. The molecule has 0 bridgehead atoms. The van der Waals surface area contributed by atoms with Gasteiger partial charge in [-0.2, -0.15) is 0 Å². The van der Waals surface area contributed by atoms with Crippen LogP contribution in [0, 0.1) is 0 Å². The van der Waals surface area contributed by atoms with Crippen molar-refractivity contribution in [3.05, 3.63) is 65.7 Å². The van der Waals surface area contributed by atoms with Crippen molar-refractivity contribution in [2.24, 2.45) is 5.14 Å². The highest BCUT2D eigenvalue weighted by Crippen LogP contribution is 2.19. The maximum atomic E-state index is 11.3. The number of sulfonamides is 1. The number of likely N-dealkylation sites (N-methyl/N-ethyl adjacent to an activating group) is 1. The van der Waals surface area contributed by atoms with E-state index < -0.39 is 10.0 Å². The summed E-state index contributed by atoms with van der Waals surface area (Å²) in [4.78, 5) is 0.144. The first-order chi connectivity index (χ1) is 10.0. The summed E-state index contributed by atoms with van der Waals surface area (Å²) in [6.45, 7) is 2.94. The molecule has 0 saturated heterocycles. The second-order valence-corrected chi connectivity index (χ2v) is 6.48. The van der Waals surface area contributed by atoms with E-state index in [9.17, 15) is 8.42 Å². The summed E-state index contributed by atoms with van der Waals surface area (Å²) >= 11 is 0. The second-order valence-electron chi connectivity index (χ2n) is 4.91. The van der Waals surface area contributed by atoms with Gasteiger partial charge in [0.25, 0.3) is 0 Å². The molecule has 0 aliphatic heterocycles. The van der Waals surface area contributed by atoms with Crippen LogP contribution in [0.15, 0.2) is 59.5 Å². The minimum atomic E-state index is -3.63. The van der Waals surface area contributed by atoms with Crippen LogP contribution < -0.4 is 10.5 Å². The Hall–Kier alpha value is -1.69. The van der Waals surface area contributed by atoms with E-state index in [1.165, 1.54) is 5.56 Å². The molecular formula is C16H20N2O2S. The highest BCUT2D eigenvalue weighted by molar-refractivity contribution is 7.89. The lowest BCUT2D eigenvalue weighted by Crippen LogP contribution is -2.23. The molecule has 0 aromatic heterocycles. The Morgan fingerprint density at radius 1 is 1.05 bits per heavy atom. The predicted molar refractivity (Wildman–Crippen MR) is 84.4 cm³/mol. The zero-order valence-electron chi connectivity index (χ0n) is 12.0. The Morgan fingerprint density at radius 3 is 2.19 bits per heavy atom. The summed E-state index contributed by atoms with van der Waals surface area (Å²) in [7, 11) is -3.63. The van der Waals surface area contributed by atoms with Crippen molar-refractivity contribution in [3.8, 4) is 0 Å². The van der Waals surface area contributed by atoms with Gasteiger partial charge in [-0.3, -0.25) is 0 Å². The van der Waals surface area contributed by atoms with Crippen LogP contribution in [0.1, 0.15) is 24.1 Å². The molecule has 0 amide bonds. The first kappa shape index (κ1) is 15.7. The Labute approximate surface area is 126 Å². The zero-order chi connectivity index (χ0) is 15.3. The summed E-state index contributed by atoms with van der Waals surface area (Å²) in [5.41, 5.74) is 2.28. The number of hydrogen-bond acceptors (Lipinski definition) is 3. The van der Waals surface area contributed by atoms with Crippen LogP contribution in [0.25, 0.3) is 0 Å². The summed E-state index contributed by atoms with van der Waals surface area (Å²) in [5, 5.41) is 8.56. The van der Waals surface area contributed by atoms with Crippen molar-refractivity contribution < 1.29 is 8.42 Å².